The molecule has 0 saturated heterocycles. The van der Waals surface area contributed by atoms with Gasteiger partial charge >= 0.3 is 0 Å². The first-order chi connectivity index (χ1) is 10.3. The highest BCUT2D eigenvalue weighted by molar-refractivity contribution is 9.10. The Morgan fingerprint density at radius 2 is 2.00 bits per heavy atom. The fourth-order valence-electron chi connectivity index (χ4n) is 2.22. The minimum atomic E-state index is 0.659. The monoisotopic (exact) mass is 337 g/mol. The Labute approximate surface area is 131 Å². The van der Waals surface area contributed by atoms with Crippen LogP contribution in [-0.4, -0.2) is 4.98 Å². The summed E-state index contributed by atoms with van der Waals surface area (Å²) in [7, 11) is 0. The molecule has 0 fully saturated rings. The van der Waals surface area contributed by atoms with E-state index in [1.807, 2.05) is 42.5 Å². The van der Waals surface area contributed by atoms with E-state index in [0.29, 0.717) is 12.1 Å². The molecule has 0 aliphatic carbocycles. The van der Waals surface area contributed by atoms with Gasteiger partial charge in [-0.05, 0) is 45.8 Å². The van der Waals surface area contributed by atoms with E-state index >= 15 is 0 Å². The molecule has 21 heavy (non-hydrogen) atoms. The molecule has 0 aliphatic rings. The highest BCUT2D eigenvalue weighted by Crippen LogP contribution is 2.24. The summed E-state index contributed by atoms with van der Waals surface area (Å²) < 4.78 is 0.967. The second kappa shape index (κ2) is 5.94. The van der Waals surface area contributed by atoms with Gasteiger partial charge in [0.25, 0.3) is 0 Å². The number of rotatable bonds is 3. The van der Waals surface area contributed by atoms with Crippen molar-refractivity contribution < 1.29 is 0 Å². The number of nitrogens with one attached hydrogen (secondary N) is 1. The van der Waals surface area contributed by atoms with Crippen molar-refractivity contribution in [2.24, 2.45) is 0 Å². The van der Waals surface area contributed by atoms with Gasteiger partial charge in [-0.3, -0.25) is 4.98 Å². The maximum absolute atomic E-state index is 8.93. The van der Waals surface area contributed by atoms with Crippen LogP contribution in [0.2, 0.25) is 0 Å². The van der Waals surface area contributed by atoms with Crippen LogP contribution in [0.5, 0.6) is 0 Å². The fourth-order valence-corrected chi connectivity index (χ4v) is 2.57. The van der Waals surface area contributed by atoms with Crippen LogP contribution in [0.25, 0.3) is 10.9 Å². The molecular formula is C17H12BrN3. The second-order valence-corrected chi connectivity index (χ2v) is 5.61. The lowest BCUT2D eigenvalue weighted by Crippen LogP contribution is -2.00. The van der Waals surface area contributed by atoms with Gasteiger partial charge in [0.1, 0.15) is 0 Å². The molecule has 0 spiro atoms. The van der Waals surface area contributed by atoms with Crippen LogP contribution in [0.3, 0.4) is 0 Å². The van der Waals surface area contributed by atoms with E-state index in [4.69, 9.17) is 5.26 Å². The number of halogens is 1. The summed E-state index contributed by atoms with van der Waals surface area (Å²) in [6.45, 7) is 0.659. The molecule has 0 saturated carbocycles. The van der Waals surface area contributed by atoms with Gasteiger partial charge in [0.05, 0.1) is 22.8 Å². The van der Waals surface area contributed by atoms with Crippen molar-refractivity contribution in [1.29, 1.82) is 5.26 Å². The Hall–Kier alpha value is -2.38. The first kappa shape index (κ1) is 13.6. The second-order valence-electron chi connectivity index (χ2n) is 4.70. The number of nitrogens with zero attached hydrogens (tertiary/aromatic N) is 2. The van der Waals surface area contributed by atoms with E-state index in [0.717, 1.165) is 26.6 Å². The zero-order valence-electron chi connectivity index (χ0n) is 11.2. The lowest BCUT2D eigenvalue weighted by molar-refractivity contribution is 1.15. The number of pyridine rings is 1. The van der Waals surface area contributed by atoms with Crippen LogP contribution in [-0.2, 0) is 6.54 Å². The molecule has 3 rings (SSSR count). The number of aromatic nitrogens is 1. The average Bonchev–Trinajstić information content (AvgIpc) is 2.52. The molecule has 4 heteroatoms. The molecule has 1 heterocycles. The van der Waals surface area contributed by atoms with Crippen LogP contribution >= 0.6 is 15.9 Å². The van der Waals surface area contributed by atoms with Crippen molar-refractivity contribution in [3.63, 3.8) is 0 Å². The largest absolute Gasteiger partial charge is 0.379 e. The van der Waals surface area contributed by atoms with Crippen molar-refractivity contribution in [1.82, 2.24) is 4.98 Å². The SMILES string of the molecule is N#Cc1cccc(CNc2cccc3cc(Br)cnc23)c1. The number of anilines is 1. The summed E-state index contributed by atoms with van der Waals surface area (Å²) in [6, 6.07) is 17.9. The van der Waals surface area contributed by atoms with Crippen molar-refractivity contribution in [3.8, 4) is 6.07 Å². The van der Waals surface area contributed by atoms with Crippen LogP contribution in [0.1, 0.15) is 11.1 Å². The molecule has 102 valence electrons. The molecule has 0 unspecified atom stereocenters. The third-order valence-corrected chi connectivity index (χ3v) is 3.65. The molecule has 0 atom stereocenters. The predicted molar refractivity (Wildman–Crippen MR) is 87.9 cm³/mol. The maximum Gasteiger partial charge on any atom is 0.0991 e. The Morgan fingerprint density at radius 3 is 2.86 bits per heavy atom. The van der Waals surface area contributed by atoms with Crippen molar-refractivity contribution in [3.05, 3.63) is 70.3 Å². The van der Waals surface area contributed by atoms with E-state index in [9.17, 15) is 0 Å². The van der Waals surface area contributed by atoms with Crippen molar-refractivity contribution in [2.75, 3.05) is 5.32 Å². The standard InChI is InChI=1S/C17H12BrN3/c18-15-8-14-5-2-6-16(17(14)21-11-15)20-10-13-4-1-3-12(7-13)9-19/h1-8,11,20H,10H2. The molecule has 0 bridgehead atoms. The Morgan fingerprint density at radius 1 is 1.14 bits per heavy atom. The van der Waals surface area contributed by atoms with Crippen LogP contribution in [0.4, 0.5) is 5.69 Å². The molecule has 3 nitrogen and oxygen atoms in total. The van der Waals surface area contributed by atoms with E-state index in [2.05, 4.69) is 32.3 Å². The minimum absolute atomic E-state index is 0.659. The van der Waals surface area contributed by atoms with Gasteiger partial charge in [-0.25, -0.2) is 0 Å². The quantitative estimate of drug-likeness (QED) is 0.766. The van der Waals surface area contributed by atoms with E-state index < -0.39 is 0 Å². The Bertz CT molecular complexity index is 837. The summed E-state index contributed by atoms with van der Waals surface area (Å²) >= 11 is 3.44. The molecule has 1 N–H and O–H groups in total. The molecule has 0 aliphatic heterocycles. The first-order valence-corrected chi connectivity index (χ1v) is 7.33. The van der Waals surface area contributed by atoms with Gasteiger partial charge in [-0.15, -0.1) is 0 Å². The molecular weight excluding hydrogens is 326 g/mol. The van der Waals surface area contributed by atoms with E-state index in [-0.39, 0.29) is 0 Å². The van der Waals surface area contributed by atoms with Gasteiger partial charge in [-0.1, -0.05) is 24.3 Å². The number of hydrogen-bond donors (Lipinski definition) is 1. The molecule has 3 aromatic rings. The first-order valence-electron chi connectivity index (χ1n) is 6.53. The number of benzene rings is 2. The van der Waals surface area contributed by atoms with E-state index in [1.54, 1.807) is 12.3 Å². The summed E-state index contributed by atoms with van der Waals surface area (Å²) in [5.74, 6) is 0. The molecule has 0 radical (unpaired) electrons. The highest BCUT2D eigenvalue weighted by Gasteiger charge is 2.03. The van der Waals surface area contributed by atoms with Crippen LogP contribution in [0.15, 0.2) is 59.2 Å². The zero-order valence-corrected chi connectivity index (χ0v) is 12.8. The topological polar surface area (TPSA) is 48.7 Å². The summed E-state index contributed by atoms with van der Waals surface area (Å²) in [5.41, 5.74) is 3.68. The maximum atomic E-state index is 8.93. The van der Waals surface area contributed by atoms with Crippen LogP contribution in [0, 0.1) is 11.3 Å². The normalized spacial score (nSPS) is 10.3. The van der Waals surface area contributed by atoms with Gasteiger partial charge in [0, 0.05) is 22.6 Å². The minimum Gasteiger partial charge on any atom is -0.379 e. The molecule has 0 amide bonds. The third kappa shape index (κ3) is 3.04. The van der Waals surface area contributed by atoms with Crippen molar-refractivity contribution >= 4 is 32.5 Å². The summed E-state index contributed by atoms with van der Waals surface area (Å²) in [5, 5.41) is 13.4. The van der Waals surface area contributed by atoms with Gasteiger partial charge in [0.2, 0.25) is 0 Å². The lowest BCUT2D eigenvalue weighted by atomic mass is 10.1. The molecule has 1 aromatic heterocycles. The fraction of sp³-hybridized carbons (Fsp3) is 0.0588. The average molecular weight is 338 g/mol. The number of para-hydroxylation sites is 1. The Kier molecular flexibility index (Phi) is 3.85. The number of fused-ring (bicyclic) bond motifs is 1. The predicted octanol–water partition coefficient (Wildman–Crippen LogP) is 4.48. The lowest BCUT2D eigenvalue weighted by Gasteiger charge is -2.09. The van der Waals surface area contributed by atoms with Crippen molar-refractivity contribution in [2.45, 2.75) is 6.54 Å². The van der Waals surface area contributed by atoms with Gasteiger partial charge in [0.15, 0.2) is 0 Å². The highest BCUT2D eigenvalue weighted by atomic mass is 79.9. The number of hydrogen-bond acceptors (Lipinski definition) is 3. The smallest absolute Gasteiger partial charge is 0.0991 e. The zero-order chi connectivity index (χ0) is 14.7. The number of nitriles is 1. The summed E-state index contributed by atoms with van der Waals surface area (Å²) in [4.78, 5) is 4.46. The van der Waals surface area contributed by atoms with Crippen LogP contribution < -0.4 is 5.32 Å². The summed E-state index contributed by atoms with van der Waals surface area (Å²) in [6.07, 6.45) is 1.80. The van der Waals surface area contributed by atoms with Gasteiger partial charge < -0.3 is 5.32 Å². The molecule has 2 aromatic carbocycles. The third-order valence-electron chi connectivity index (χ3n) is 3.22. The van der Waals surface area contributed by atoms with Gasteiger partial charge in [-0.2, -0.15) is 5.26 Å². The van der Waals surface area contributed by atoms with E-state index in [1.165, 1.54) is 0 Å². The Balaban J connectivity index is 1.87.